The number of carbonyl (C=O) groups is 1. The Balaban J connectivity index is 2.21. The fraction of sp³-hybridized carbons (Fsp3) is 0.647. The number of hydrogen-bond acceptors (Lipinski definition) is 3. The number of hydrogen-bond donors (Lipinski definition) is 1. The molecule has 1 atom stereocenters. The zero-order chi connectivity index (χ0) is 15.1. The first-order chi connectivity index (χ1) is 10.3. The van der Waals surface area contributed by atoms with Crippen LogP contribution in [0.5, 0.6) is 0 Å². The van der Waals surface area contributed by atoms with E-state index in [2.05, 4.69) is 29.0 Å². The third kappa shape index (κ3) is 3.96. The molecule has 1 N–H and O–H groups in total. The number of carbonyl (C=O) groups excluding carboxylic acids is 1. The highest BCUT2D eigenvalue weighted by molar-refractivity contribution is 5.99. The second-order valence-electron chi connectivity index (χ2n) is 5.76. The largest absolute Gasteiger partial charge is 0.383 e. The predicted molar refractivity (Wildman–Crippen MR) is 86.6 cm³/mol. The average Bonchev–Trinajstić information content (AvgIpc) is 2.77. The maximum Gasteiger partial charge on any atom is 0.256 e. The van der Waals surface area contributed by atoms with E-state index < -0.39 is 0 Å². The van der Waals surface area contributed by atoms with Crippen LogP contribution in [0, 0.1) is 0 Å². The molecule has 0 aliphatic carbocycles. The van der Waals surface area contributed by atoms with Crippen LogP contribution in [-0.2, 0) is 0 Å². The quantitative estimate of drug-likeness (QED) is 0.899. The second-order valence-corrected chi connectivity index (χ2v) is 5.76. The standard InChI is InChI=1S/C17H27N3O/c1-3-10-19-16-13-18-11-9-15(16)17(21)20-12-7-5-6-8-14(20)4-2/h9,11,13-14,19H,3-8,10,12H2,1-2H3. The molecule has 4 nitrogen and oxygen atoms in total. The Kier molecular flexibility index (Phi) is 6.03. The van der Waals surface area contributed by atoms with Gasteiger partial charge in [0.2, 0.25) is 0 Å². The molecule has 1 aromatic rings. The summed E-state index contributed by atoms with van der Waals surface area (Å²) < 4.78 is 0. The van der Waals surface area contributed by atoms with Crippen molar-refractivity contribution in [3.8, 4) is 0 Å². The van der Waals surface area contributed by atoms with E-state index in [1.807, 2.05) is 6.07 Å². The number of likely N-dealkylation sites (tertiary alicyclic amines) is 1. The number of pyridine rings is 1. The summed E-state index contributed by atoms with van der Waals surface area (Å²) in [6.45, 7) is 6.04. The molecule has 1 amide bonds. The van der Waals surface area contributed by atoms with Crippen LogP contribution < -0.4 is 5.32 Å². The minimum absolute atomic E-state index is 0.157. The Morgan fingerprint density at radius 2 is 2.24 bits per heavy atom. The van der Waals surface area contributed by atoms with Crippen molar-refractivity contribution in [2.75, 3.05) is 18.4 Å². The van der Waals surface area contributed by atoms with Crippen LogP contribution >= 0.6 is 0 Å². The van der Waals surface area contributed by atoms with Crippen molar-refractivity contribution in [1.82, 2.24) is 9.88 Å². The summed E-state index contributed by atoms with van der Waals surface area (Å²) in [7, 11) is 0. The molecule has 0 saturated carbocycles. The summed E-state index contributed by atoms with van der Waals surface area (Å²) >= 11 is 0. The Bertz CT molecular complexity index is 461. The number of aromatic nitrogens is 1. The lowest BCUT2D eigenvalue weighted by Gasteiger charge is -2.30. The maximum absolute atomic E-state index is 13.0. The minimum atomic E-state index is 0.157. The number of nitrogens with one attached hydrogen (secondary N) is 1. The Morgan fingerprint density at radius 1 is 1.38 bits per heavy atom. The van der Waals surface area contributed by atoms with Crippen molar-refractivity contribution in [2.24, 2.45) is 0 Å². The van der Waals surface area contributed by atoms with Gasteiger partial charge >= 0.3 is 0 Å². The third-order valence-corrected chi connectivity index (χ3v) is 4.23. The Morgan fingerprint density at radius 3 is 3.00 bits per heavy atom. The van der Waals surface area contributed by atoms with Gasteiger partial charge in [0.1, 0.15) is 0 Å². The van der Waals surface area contributed by atoms with Gasteiger partial charge in [-0.05, 0) is 31.7 Å². The topological polar surface area (TPSA) is 45.2 Å². The van der Waals surface area contributed by atoms with Crippen molar-refractivity contribution >= 4 is 11.6 Å². The Hall–Kier alpha value is -1.58. The molecule has 2 heterocycles. The summed E-state index contributed by atoms with van der Waals surface area (Å²) in [4.78, 5) is 19.2. The lowest BCUT2D eigenvalue weighted by Crippen LogP contribution is -2.40. The van der Waals surface area contributed by atoms with E-state index in [1.165, 1.54) is 12.8 Å². The molecule has 21 heavy (non-hydrogen) atoms. The molecule has 1 unspecified atom stereocenters. The van der Waals surface area contributed by atoms with Crippen molar-refractivity contribution in [1.29, 1.82) is 0 Å². The van der Waals surface area contributed by atoms with E-state index in [0.29, 0.717) is 6.04 Å². The zero-order valence-corrected chi connectivity index (χ0v) is 13.3. The number of nitrogens with zero attached hydrogens (tertiary/aromatic N) is 2. The van der Waals surface area contributed by atoms with Gasteiger partial charge in [-0.25, -0.2) is 0 Å². The van der Waals surface area contributed by atoms with Crippen LogP contribution in [0.15, 0.2) is 18.5 Å². The molecule has 1 saturated heterocycles. The molecule has 1 aliphatic rings. The first-order valence-corrected chi connectivity index (χ1v) is 8.26. The molecule has 0 bridgehead atoms. The van der Waals surface area contributed by atoms with Gasteiger partial charge in [-0.3, -0.25) is 9.78 Å². The second kappa shape index (κ2) is 8.01. The normalized spacial score (nSPS) is 19.1. The van der Waals surface area contributed by atoms with Crippen LogP contribution in [0.25, 0.3) is 0 Å². The number of amides is 1. The van der Waals surface area contributed by atoms with E-state index in [-0.39, 0.29) is 5.91 Å². The summed E-state index contributed by atoms with van der Waals surface area (Å²) in [5.74, 6) is 0.157. The first kappa shape index (κ1) is 15.8. The molecular weight excluding hydrogens is 262 g/mol. The molecule has 0 spiro atoms. The molecule has 4 heteroatoms. The van der Waals surface area contributed by atoms with E-state index in [9.17, 15) is 4.79 Å². The van der Waals surface area contributed by atoms with Crippen LogP contribution in [-0.4, -0.2) is 34.9 Å². The summed E-state index contributed by atoms with van der Waals surface area (Å²) in [6.07, 6.45) is 10.3. The van der Waals surface area contributed by atoms with Gasteiger partial charge in [0.25, 0.3) is 5.91 Å². The van der Waals surface area contributed by atoms with Crippen LogP contribution in [0.3, 0.4) is 0 Å². The zero-order valence-electron chi connectivity index (χ0n) is 13.3. The highest BCUT2D eigenvalue weighted by Crippen LogP contribution is 2.24. The lowest BCUT2D eigenvalue weighted by molar-refractivity contribution is 0.0679. The number of rotatable bonds is 5. The van der Waals surface area contributed by atoms with Gasteiger partial charge in [-0.15, -0.1) is 0 Å². The predicted octanol–water partition coefficient (Wildman–Crippen LogP) is 3.70. The van der Waals surface area contributed by atoms with Gasteiger partial charge < -0.3 is 10.2 Å². The molecule has 0 radical (unpaired) electrons. The monoisotopic (exact) mass is 289 g/mol. The van der Waals surface area contributed by atoms with Crippen molar-refractivity contribution < 1.29 is 4.79 Å². The molecule has 0 aromatic carbocycles. The molecule has 2 rings (SSSR count). The van der Waals surface area contributed by atoms with Crippen LogP contribution in [0.1, 0.15) is 62.7 Å². The van der Waals surface area contributed by atoms with Crippen molar-refractivity contribution in [3.63, 3.8) is 0 Å². The fourth-order valence-electron chi connectivity index (χ4n) is 3.01. The van der Waals surface area contributed by atoms with Gasteiger partial charge in [-0.1, -0.05) is 26.7 Å². The van der Waals surface area contributed by atoms with E-state index >= 15 is 0 Å². The smallest absolute Gasteiger partial charge is 0.256 e. The highest BCUT2D eigenvalue weighted by Gasteiger charge is 2.26. The van der Waals surface area contributed by atoms with Crippen molar-refractivity contribution in [3.05, 3.63) is 24.0 Å². The minimum Gasteiger partial charge on any atom is -0.383 e. The SMILES string of the molecule is CCCNc1cnccc1C(=O)N1CCCCCC1CC. The Labute approximate surface area is 127 Å². The number of anilines is 1. The fourth-order valence-corrected chi connectivity index (χ4v) is 3.01. The molecule has 1 aliphatic heterocycles. The van der Waals surface area contributed by atoms with Crippen LogP contribution in [0.4, 0.5) is 5.69 Å². The average molecular weight is 289 g/mol. The van der Waals surface area contributed by atoms with E-state index in [0.717, 1.165) is 50.0 Å². The molecule has 1 fully saturated rings. The van der Waals surface area contributed by atoms with Gasteiger partial charge in [0, 0.05) is 25.3 Å². The molecule has 1 aromatic heterocycles. The lowest BCUT2D eigenvalue weighted by atomic mass is 10.1. The summed E-state index contributed by atoms with van der Waals surface area (Å²) in [5, 5.41) is 3.32. The first-order valence-electron chi connectivity index (χ1n) is 8.26. The van der Waals surface area contributed by atoms with E-state index in [4.69, 9.17) is 0 Å². The van der Waals surface area contributed by atoms with Gasteiger partial charge in [-0.2, -0.15) is 0 Å². The van der Waals surface area contributed by atoms with Gasteiger partial charge in [0.15, 0.2) is 0 Å². The summed E-state index contributed by atoms with van der Waals surface area (Å²) in [5.41, 5.74) is 1.63. The third-order valence-electron chi connectivity index (χ3n) is 4.23. The molecule has 116 valence electrons. The summed E-state index contributed by atoms with van der Waals surface area (Å²) in [6, 6.07) is 2.23. The van der Waals surface area contributed by atoms with Crippen LogP contribution in [0.2, 0.25) is 0 Å². The molecular formula is C17H27N3O. The van der Waals surface area contributed by atoms with E-state index in [1.54, 1.807) is 12.4 Å². The van der Waals surface area contributed by atoms with Gasteiger partial charge in [0.05, 0.1) is 17.4 Å². The highest BCUT2D eigenvalue weighted by atomic mass is 16.2. The maximum atomic E-state index is 13.0. The van der Waals surface area contributed by atoms with Crippen molar-refractivity contribution in [2.45, 2.75) is 58.4 Å².